The van der Waals surface area contributed by atoms with Crippen molar-refractivity contribution >= 4 is 11.6 Å². The van der Waals surface area contributed by atoms with Crippen LogP contribution in [-0.4, -0.2) is 5.91 Å². The predicted molar refractivity (Wildman–Crippen MR) is 94.6 cm³/mol. The minimum absolute atomic E-state index is 0.187. The number of fused-ring (bicyclic) bond motifs is 2. The van der Waals surface area contributed by atoms with Crippen molar-refractivity contribution in [2.24, 2.45) is 0 Å². The van der Waals surface area contributed by atoms with Crippen molar-refractivity contribution < 1.29 is 13.9 Å². The van der Waals surface area contributed by atoms with Gasteiger partial charge in [-0.05, 0) is 36.8 Å². The van der Waals surface area contributed by atoms with Gasteiger partial charge in [0.25, 0.3) is 0 Å². The van der Waals surface area contributed by atoms with E-state index in [1.165, 1.54) is 6.07 Å². The van der Waals surface area contributed by atoms with E-state index in [1.807, 2.05) is 55.5 Å². The van der Waals surface area contributed by atoms with Crippen molar-refractivity contribution in [3.8, 4) is 11.5 Å². The first kappa shape index (κ1) is 15.4. The first-order valence-electron chi connectivity index (χ1n) is 8.06. The summed E-state index contributed by atoms with van der Waals surface area (Å²) in [5, 5.41) is 2.73. The molecule has 0 spiro atoms. The van der Waals surface area contributed by atoms with Gasteiger partial charge in [-0.15, -0.1) is 0 Å². The Balaban J connectivity index is 1.76. The van der Waals surface area contributed by atoms with E-state index in [1.54, 1.807) is 12.1 Å². The zero-order chi connectivity index (χ0) is 17.4. The Morgan fingerprint density at radius 2 is 1.56 bits per heavy atom. The maximum absolute atomic E-state index is 14.0. The Kier molecular flexibility index (Phi) is 3.73. The molecule has 0 unspecified atom stereocenters. The smallest absolute Gasteiger partial charge is 0.236 e. The number of para-hydroxylation sites is 2. The highest BCUT2D eigenvalue weighted by Gasteiger charge is 2.32. The van der Waals surface area contributed by atoms with Gasteiger partial charge in [0.05, 0.1) is 11.6 Å². The molecule has 1 aliphatic heterocycles. The number of amides is 1. The van der Waals surface area contributed by atoms with E-state index in [-0.39, 0.29) is 11.6 Å². The molecule has 3 nitrogen and oxygen atoms in total. The van der Waals surface area contributed by atoms with Crippen LogP contribution in [0.3, 0.4) is 0 Å². The number of benzene rings is 3. The summed E-state index contributed by atoms with van der Waals surface area (Å²) in [5.41, 5.74) is 2.61. The predicted octanol–water partition coefficient (Wildman–Crippen LogP) is 5.01. The van der Waals surface area contributed by atoms with E-state index in [2.05, 4.69) is 5.32 Å². The van der Waals surface area contributed by atoms with Crippen LogP contribution in [-0.2, 0) is 4.79 Å². The van der Waals surface area contributed by atoms with Crippen molar-refractivity contribution in [2.75, 3.05) is 5.32 Å². The number of rotatable bonds is 2. The maximum Gasteiger partial charge on any atom is 0.236 e. The van der Waals surface area contributed by atoms with Gasteiger partial charge in [-0.1, -0.05) is 42.5 Å². The fourth-order valence-corrected chi connectivity index (χ4v) is 3.13. The minimum Gasteiger partial charge on any atom is -0.457 e. The molecule has 0 aliphatic carbocycles. The molecule has 1 aliphatic rings. The minimum atomic E-state index is -0.555. The van der Waals surface area contributed by atoms with Crippen LogP contribution in [0.4, 0.5) is 10.1 Å². The van der Waals surface area contributed by atoms with Crippen molar-refractivity contribution in [2.45, 2.75) is 12.8 Å². The van der Waals surface area contributed by atoms with Crippen LogP contribution in [0.15, 0.2) is 66.7 Å². The third kappa shape index (κ3) is 2.76. The Bertz CT molecular complexity index is 922. The number of halogens is 1. The van der Waals surface area contributed by atoms with E-state index in [0.717, 1.165) is 16.7 Å². The first-order chi connectivity index (χ1) is 12.1. The summed E-state index contributed by atoms with van der Waals surface area (Å²) in [6.45, 7) is 1.86. The molecule has 1 amide bonds. The molecule has 0 radical (unpaired) electrons. The molecule has 124 valence electrons. The lowest BCUT2D eigenvalue weighted by Gasteiger charge is -2.27. The molecular weight excluding hydrogens is 317 g/mol. The van der Waals surface area contributed by atoms with Crippen LogP contribution in [0, 0.1) is 12.7 Å². The first-order valence-corrected chi connectivity index (χ1v) is 8.06. The van der Waals surface area contributed by atoms with E-state index >= 15 is 0 Å². The average Bonchev–Trinajstić information content (AvgIpc) is 2.62. The molecule has 4 rings (SSSR count). The zero-order valence-corrected chi connectivity index (χ0v) is 13.6. The molecule has 0 bridgehead atoms. The highest BCUT2D eigenvalue weighted by Crippen LogP contribution is 2.44. The van der Waals surface area contributed by atoms with Crippen LogP contribution in [0.25, 0.3) is 0 Å². The number of hydrogen-bond donors (Lipinski definition) is 1. The molecular formula is C21H16FNO2. The normalized spacial score (nSPS) is 12.7. The molecule has 25 heavy (non-hydrogen) atoms. The number of anilines is 1. The van der Waals surface area contributed by atoms with Crippen LogP contribution in [0.2, 0.25) is 0 Å². The summed E-state index contributed by atoms with van der Waals surface area (Å²) in [5.74, 6) is -0.00142. The summed E-state index contributed by atoms with van der Waals surface area (Å²) in [6, 6.07) is 19.5. The lowest BCUT2D eigenvalue weighted by Crippen LogP contribution is -2.25. The highest BCUT2D eigenvalue weighted by molar-refractivity contribution is 5.99. The fraction of sp³-hybridized carbons (Fsp3) is 0.0952. The topological polar surface area (TPSA) is 38.3 Å². The molecule has 0 atom stereocenters. The lowest BCUT2D eigenvalue weighted by molar-refractivity contribution is -0.116. The van der Waals surface area contributed by atoms with Gasteiger partial charge in [0.2, 0.25) is 5.91 Å². The lowest BCUT2D eigenvalue weighted by atomic mass is 9.87. The van der Waals surface area contributed by atoms with Crippen LogP contribution in [0.5, 0.6) is 11.5 Å². The Hall–Kier alpha value is -3.14. The number of ether oxygens (including phenoxy) is 1. The van der Waals surface area contributed by atoms with Gasteiger partial charge in [0.15, 0.2) is 0 Å². The van der Waals surface area contributed by atoms with Gasteiger partial charge in [0.1, 0.15) is 17.3 Å². The molecule has 3 aromatic carbocycles. The van der Waals surface area contributed by atoms with Crippen molar-refractivity contribution in [1.82, 2.24) is 0 Å². The molecule has 0 aromatic heterocycles. The highest BCUT2D eigenvalue weighted by atomic mass is 19.1. The Labute approximate surface area is 145 Å². The SMILES string of the molecule is Cc1ccc(F)c(NC(=O)C2c3ccccc3Oc3ccccc32)c1. The molecule has 0 fully saturated rings. The third-order valence-electron chi connectivity index (χ3n) is 4.32. The van der Waals surface area contributed by atoms with E-state index in [9.17, 15) is 9.18 Å². The van der Waals surface area contributed by atoms with Crippen molar-refractivity contribution in [3.63, 3.8) is 0 Å². The van der Waals surface area contributed by atoms with Crippen LogP contribution in [0.1, 0.15) is 22.6 Å². The molecule has 0 saturated carbocycles. The second-order valence-electron chi connectivity index (χ2n) is 6.08. The summed E-state index contributed by atoms with van der Waals surface area (Å²) in [4.78, 5) is 13.0. The van der Waals surface area contributed by atoms with Gasteiger partial charge in [-0.25, -0.2) is 4.39 Å². The van der Waals surface area contributed by atoms with Crippen LogP contribution < -0.4 is 10.1 Å². The van der Waals surface area contributed by atoms with Crippen molar-refractivity contribution in [1.29, 1.82) is 0 Å². The molecule has 1 N–H and O–H groups in total. The number of carbonyl (C=O) groups excluding carboxylic acids is 1. The largest absolute Gasteiger partial charge is 0.457 e. The molecule has 1 heterocycles. The van der Waals surface area contributed by atoms with E-state index < -0.39 is 11.7 Å². The number of aryl methyl sites for hydroxylation is 1. The summed E-state index contributed by atoms with van der Waals surface area (Å²) < 4.78 is 19.9. The molecule has 3 aromatic rings. The van der Waals surface area contributed by atoms with Gasteiger partial charge in [-0.3, -0.25) is 4.79 Å². The summed E-state index contributed by atoms with van der Waals surface area (Å²) >= 11 is 0. The average molecular weight is 333 g/mol. The number of nitrogens with one attached hydrogen (secondary N) is 1. The second-order valence-corrected chi connectivity index (χ2v) is 6.08. The third-order valence-corrected chi connectivity index (χ3v) is 4.32. The Morgan fingerprint density at radius 3 is 2.20 bits per heavy atom. The number of hydrogen-bond acceptors (Lipinski definition) is 2. The van der Waals surface area contributed by atoms with Crippen LogP contribution >= 0.6 is 0 Å². The van der Waals surface area contributed by atoms with E-state index in [0.29, 0.717) is 11.5 Å². The zero-order valence-electron chi connectivity index (χ0n) is 13.6. The fourth-order valence-electron chi connectivity index (χ4n) is 3.13. The van der Waals surface area contributed by atoms with Gasteiger partial charge in [0, 0.05) is 11.1 Å². The van der Waals surface area contributed by atoms with Crippen molar-refractivity contribution in [3.05, 3.63) is 89.2 Å². The maximum atomic E-state index is 14.0. The standard InChI is InChI=1S/C21H16FNO2/c1-13-10-11-16(22)17(12-13)23-21(24)20-14-6-2-4-8-18(14)25-19-9-5-3-7-15(19)20/h2-12,20H,1H3,(H,23,24). The van der Waals surface area contributed by atoms with Gasteiger partial charge >= 0.3 is 0 Å². The second kappa shape index (κ2) is 6.06. The van der Waals surface area contributed by atoms with Gasteiger partial charge in [-0.2, -0.15) is 0 Å². The Morgan fingerprint density at radius 1 is 0.960 bits per heavy atom. The molecule has 4 heteroatoms. The number of carbonyl (C=O) groups is 1. The molecule has 0 saturated heterocycles. The van der Waals surface area contributed by atoms with E-state index in [4.69, 9.17) is 4.74 Å². The quantitative estimate of drug-likeness (QED) is 0.716. The summed E-state index contributed by atoms with van der Waals surface area (Å²) in [7, 11) is 0. The monoisotopic (exact) mass is 333 g/mol. The summed E-state index contributed by atoms with van der Waals surface area (Å²) in [6.07, 6.45) is 0. The van der Waals surface area contributed by atoms with Gasteiger partial charge < -0.3 is 10.1 Å².